The molecule has 6 heteroatoms. The van der Waals surface area contributed by atoms with Gasteiger partial charge in [-0.1, -0.05) is 13.8 Å². The summed E-state index contributed by atoms with van der Waals surface area (Å²) in [4.78, 5) is 13.3. The maximum atomic E-state index is 11.3. The lowest BCUT2D eigenvalue weighted by Gasteiger charge is -2.31. The summed E-state index contributed by atoms with van der Waals surface area (Å²) < 4.78 is 10.2. The number of carbonyl (C=O) groups is 1. The molecule has 2 N–H and O–H groups in total. The van der Waals surface area contributed by atoms with E-state index in [-0.39, 0.29) is 12.1 Å². The van der Waals surface area contributed by atoms with Gasteiger partial charge in [-0.05, 0) is 6.92 Å². The molecule has 0 aliphatic rings. The number of nitrogens with one attached hydrogen (secondary N) is 1. The lowest BCUT2D eigenvalue weighted by atomic mass is 10.2. The van der Waals surface area contributed by atoms with Crippen molar-refractivity contribution < 1.29 is 19.4 Å². The largest absolute Gasteiger partial charge is 0.480 e. The van der Waals surface area contributed by atoms with Crippen molar-refractivity contribution in [1.29, 1.82) is 0 Å². The van der Waals surface area contributed by atoms with Gasteiger partial charge in [-0.25, -0.2) is 0 Å². The molecule has 2 unspecified atom stereocenters. The number of rotatable bonds is 11. The molecule has 0 fully saturated rings. The molecule has 0 amide bonds. The van der Waals surface area contributed by atoms with Gasteiger partial charge in [0.1, 0.15) is 6.04 Å². The first kappa shape index (κ1) is 18.3. The Bertz CT molecular complexity index is 249. The summed E-state index contributed by atoms with van der Waals surface area (Å²) in [6, 6.07) is -0.310. The Kier molecular flexibility index (Phi) is 9.77. The van der Waals surface area contributed by atoms with Crippen molar-refractivity contribution in [3.63, 3.8) is 0 Å². The quantitative estimate of drug-likeness (QED) is 0.570. The Morgan fingerprint density at radius 1 is 1.26 bits per heavy atom. The third-order valence-electron chi connectivity index (χ3n) is 2.86. The van der Waals surface area contributed by atoms with E-state index >= 15 is 0 Å². The second-order valence-electron chi connectivity index (χ2n) is 5.00. The van der Waals surface area contributed by atoms with Gasteiger partial charge in [0.25, 0.3) is 0 Å². The highest BCUT2D eigenvalue weighted by atomic mass is 16.5. The van der Waals surface area contributed by atoms with Crippen LogP contribution >= 0.6 is 0 Å². The fraction of sp³-hybridized carbons (Fsp3) is 0.923. The van der Waals surface area contributed by atoms with Gasteiger partial charge in [0.2, 0.25) is 0 Å². The highest BCUT2D eigenvalue weighted by Gasteiger charge is 2.24. The smallest absolute Gasteiger partial charge is 0.322 e. The van der Waals surface area contributed by atoms with Crippen molar-refractivity contribution in [2.75, 3.05) is 40.5 Å². The van der Waals surface area contributed by atoms with Crippen LogP contribution in [-0.4, -0.2) is 74.6 Å². The summed E-state index contributed by atoms with van der Waals surface area (Å²) in [7, 11) is 3.28. The monoisotopic (exact) mass is 276 g/mol. The normalized spacial score (nSPS) is 14.9. The Labute approximate surface area is 116 Å². The van der Waals surface area contributed by atoms with Crippen molar-refractivity contribution in [2.45, 2.75) is 38.9 Å². The van der Waals surface area contributed by atoms with Crippen LogP contribution in [0, 0.1) is 0 Å². The van der Waals surface area contributed by atoms with E-state index < -0.39 is 12.0 Å². The molecule has 0 saturated heterocycles. The Morgan fingerprint density at radius 3 is 2.32 bits per heavy atom. The maximum Gasteiger partial charge on any atom is 0.322 e. The molecule has 0 heterocycles. The zero-order valence-corrected chi connectivity index (χ0v) is 12.7. The predicted molar refractivity (Wildman–Crippen MR) is 74.5 cm³/mol. The van der Waals surface area contributed by atoms with E-state index in [4.69, 9.17) is 9.47 Å². The number of nitrogens with zero attached hydrogens (tertiary/aromatic N) is 1. The Hall–Kier alpha value is -0.690. The molecule has 19 heavy (non-hydrogen) atoms. The highest BCUT2D eigenvalue weighted by Crippen LogP contribution is 2.03. The third kappa shape index (κ3) is 8.15. The molecule has 0 aromatic carbocycles. The summed E-state index contributed by atoms with van der Waals surface area (Å²) in [5, 5.41) is 12.3. The van der Waals surface area contributed by atoms with Crippen LogP contribution in [0.3, 0.4) is 0 Å². The number of carboxylic acids is 1. The fourth-order valence-electron chi connectivity index (χ4n) is 1.89. The SMILES string of the molecule is COCCN(CC(NC(C)C)C(=O)O)C(C)COC. The summed E-state index contributed by atoms with van der Waals surface area (Å²) in [6.07, 6.45) is 0. The van der Waals surface area contributed by atoms with Crippen molar-refractivity contribution >= 4 is 5.97 Å². The molecule has 0 aliphatic carbocycles. The zero-order valence-electron chi connectivity index (χ0n) is 12.7. The van der Waals surface area contributed by atoms with Gasteiger partial charge in [0, 0.05) is 39.4 Å². The van der Waals surface area contributed by atoms with E-state index in [1.807, 2.05) is 20.8 Å². The molecule has 0 aliphatic heterocycles. The topological polar surface area (TPSA) is 71.0 Å². The molecule has 0 saturated carbocycles. The van der Waals surface area contributed by atoms with Crippen LogP contribution < -0.4 is 5.32 Å². The van der Waals surface area contributed by atoms with Gasteiger partial charge in [-0.2, -0.15) is 0 Å². The van der Waals surface area contributed by atoms with E-state index in [1.54, 1.807) is 14.2 Å². The molecular weight excluding hydrogens is 248 g/mol. The predicted octanol–water partition coefficient (Wildman–Crippen LogP) is 0.421. The molecule has 0 radical (unpaired) electrons. The summed E-state index contributed by atoms with van der Waals surface area (Å²) in [6.45, 7) is 8.15. The van der Waals surface area contributed by atoms with Crippen molar-refractivity contribution in [3.05, 3.63) is 0 Å². The molecule has 114 valence electrons. The Morgan fingerprint density at radius 2 is 1.89 bits per heavy atom. The average Bonchev–Trinajstić information content (AvgIpc) is 2.32. The first-order valence-corrected chi connectivity index (χ1v) is 6.63. The molecule has 0 aromatic rings. The lowest BCUT2D eigenvalue weighted by Crippen LogP contribution is -2.52. The molecule has 0 spiro atoms. The van der Waals surface area contributed by atoms with Gasteiger partial charge in [0.15, 0.2) is 0 Å². The van der Waals surface area contributed by atoms with Crippen LogP contribution in [0.15, 0.2) is 0 Å². The number of hydrogen-bond acceptors (Lipinski definition) is 5. The minimum absolute atomic E-state index is 0.128. The summed E-state index contributed by atoms with van der Waals surface area (Å²) in [5.74, 6) is -0.833. The van der Waals surface area contributed by atoms with Crippen molar-refractivity contribution in [3.8, 4) is 0 Å². The number of methoxy groups -OCH3 is 2. The summed E-state index contributed by atoms with van der Waals surface area (Å²) in [5.41, 5.74) is 0. The van der Waals surface area contributed by atoms with Crippen LogP contribution in [0.25, 0.3) is 0 Å². The average molecular weight is 276 g/mol. The van der Waals surface area contributed by atoms with Crippen molar-refractivity contribution in [1.82, 2.24) is 10.2 Å². The number of aliphatic carboxylic acids is 1. The van der Waals surface area contributed by atoms with Crippen molar-refractivity contribution in [2.24, 2.45) is 0 Å². The molecule has 0 aromatic heterocycles. The van der Waals surface area contributed by atoms with Gasteiger partial charge < -0.3 is 19.9 Å². The van der Waals surface area contributed by atoms with Gasteiger partial charge in [0.05, 0.1) is 13.2 Å². The van der Waals surface area contributed by atoms with Crippen LogP contribution in [0.2, 0.25) is 0 Å². The number of hydrogen-bond donors (Lipinski definition) is 2. The molecule has 2 atom stereocenters. The minimum Gasteiger partial charge on any atom is -0.480 e. The van der Waals surface area contributed by atoms with E-state index in [0.29, 0.717) is 26.3 Å². The molecule has 0 bridgehead atoms. The minimum atomic E-state index is -0.833. The maximum absolute atomic E-state index is 11.3. The van der Waals surface area contributed by atoms with E-state index in [2.05, 4.69) is 10.2 Å². The lowest BCUT2D eigenvalue weighted by molar-refractivity contribution is -0.140. The van der Waals surface area contributed by atoms with Crippen LogP contribution in [-0.2, 0) is 14.3 Å². The van der Waals surface area contributed by atoms with Gasteiger partial charge in [-0.3, -0.25) is 9.69 Å². The third-order valence-corrected chi connectivity index (χ3v) is 2.86. The first-order chi connectivity index (χ1) is 8.92. The highest BCUT2D eigenvalue weighted by molar-refractivity contribution is 5.73. The number of ether oxygens (including phenoxy) is 2. The molecule has 0 rings (SSSR count). The van der Waals surface area contributed by atoms with Gasteiger partial charge in [-0.15, -0.1) is 0 Å². The van der Waals surface area contributed by atoms with Crippen LogP contribution in [0.5, 0.6) is 0 Å². The second kappa shape index (κ2) is 10.1. The van der Waals surface area contributed by atoms with Crippen LogP contribution in [0.1, 0.15) is 20.8 Å². The zero-order chi connectivity index (χ0) is 14.8. The second-order valence-corrected chi connectivity index (χ2v) is 5.00. The molecular formula is C13H28N2O4. The summed E-state index contributed by atoms with van der Waals surface area (Å²) >= 11 is 0. The fourth-order valence-corrected chi connectivity index (χ4v) is 1.89. The molecule has 6 nitrogen and oxygen atoms in total. The Balaban J connectivity index is 4.59. The number of carboxylic acid groups (broad SMARTS) is 1. The van der Waals surface area contributed by atoms with E-state index in [0.717, 1.165) is 0 Å². The van der Waals surface area contributed by atoms with E-state index in [9.17, 15) is 9.90 Å². The first-order valence-electron chi connectivity index (χ1n) is 6.63. The van der Waals surface area contributed by atoms with Crippen LogP contribution in [0.4, 0.5) is 0 Å². The standard InChI is InChI=1S/C13H28N2O4/c1-10(2)14-12(13(16)17)8-15(6-7-18-4)11(3)9-19-5/h10-12,14H,6-9H2,1-5H3,(H,16,17). The van der Waals surface area contributed by atoms with Gasteiger partial charge >= 0.3 is 5.97 Å². The van der Waals surface area contributed by atoms with E-state index in [1.165, 1.54) is 0 Å².